The average Bonchev–Trinajstić information content (AvgIpc) is 3.60. The lowest BCUT2D eigenvalue weighted by Gasteiger charge is -2.40. The Kier molecular flexibility index (Phi) is 8.03. The number of aromatic nitrogens is 2. The molecule has 1 aliphatic heterocycles. The molecule has 2 aliphatic rings. The summed E-state index contributed by atoms with van der Waals surface area (Å²) in [6.07, 6.45) is 0. The summed E-state index contributed by atoms with van der Waals surface area (Å²) in [6, 6.07) is 73.1. The summed E-state index contributed by atoms with van der Waals surface area (Å²) in [6.45, 7) is 0. The number of hydrogen-bond donors (Lipinski definition) is 0. The maximum absolute atomic E-state index is 10.5. The minimum absolute atomic E-state index is 0.582. The van der Waals surface area contributed by atoms with Gasteiger partial charge in [-0.15, -0.1) is 0 Å². The molecule has 8 aromatic carbocycles. The van der Waals surface area contributed by atoms with Gasteiger partial charge in [-0.25, -0.2) is 9.97 Å². The molecule has 0 saturated carbocycles. The maximum Gasteiger partial charge on any atom is 0.160 e. The Bertz CT molecular complexity index is 3050. The van der Waals surface area contributed by atoms with Gasteiger partial charge in [0.25, 0.3) is 0 Å². The van der Waals surface area contributed by atoms with Crippen molar-refractivity contribution in [2.24, 2.45) is 0 Å². The molecule has 1 aromatic heterocycles. The Morgan fingerprint density at radius 3 is 1.52 bits per heavy atom. The van der Waals surface area contributed by atoms with Crippen molar-refractivity contribution < 1.29 is 0 Å². The largest absolute Gasteiger partial charge is 0.228 e. The number of fused-ring (bicyclic) bond motifs is 9. The highest BCUT2D eigenvalue weighted by Crippen LogP contribution is 2.63. The van der Waals surface area contributed by atoms with E-state index in [2.05, 4.69) is 170 Å². The Morgan fingerprint density at radius 1 is 0.379 bits per heavy atom. The van der Waals surface area contributed by atoms with Crippen LogP contribution in [0.25, 0.3) is 67.3 Å². The van der Waals surface area contributed by atoms with E-state index in [-0.39, 0.29) is 0 Å². The van der Waals surface area contributed by atoms with Gasteiger partial charge in [-0.1, -0.05) is 194 Å². The molecular weight excluding hydrogens is 723 g/mol. The quantitative estimate of drug-likeness (QED) is 0.175. The van der Waals surface area contributed by atoms with E-state index in [9.17, 15) is 5.26 Å². The predicted molar refractivity (Wildman–Crippen MR) is 235 cm³/mol. The Hall–Kier alpha value is -7.32. The first-order valence-electron chi connectivity index (χ1n) is 19.5. The number of rotatable bonds is 5. The summed E-state index contributed by atoms with van der Waals surface area (Å²) < 4.78 is 0. The van der Waals surface area contributed by atoms with Gasteiger partial charge in [0.15, 0.2) is 5.82 Å². The summed E-state index contributed by atoms with van der Waals surface area (Å²) in [5, 5.41) is 10.5. The van der Waals surface area contributed by atoms with Crippen molar-refractivity contribution in [2.75, 3.05) is 0 Å². The van der Waals surface area contributed by atoms with Crippen molar-refractivity contribution in [1.29, 1.82) is 5.26 Å². The first-order chi connectivity index (χ1) is 28.7. The van der Waals surface area contributed by atoms with Crippen molar-refractivity contribution >= 4 is 11.8 Å². The Morgan fingerprint density at radius 2 is 0.845 bits per heavy atom. The van der Waals surface area contributed by atoms with Gasteiger partial charge in [-0.05, 0) is 73.8 Å². The second kappa shape index (κ2) is 13.7. The van der Waals surface area contributed by atoms with Crippen LogP contribution in [0.4, 0.5) is 0 Å². The molecule has 0 bridgehead atoms. The van der Waals surface area contributed by atoms with E-state index < -0.39 is 5.41 Å². The Balaban J connectivity index is 1.08. The van der Waals surface area contributed by atoms with Crippen LogP contribution in [-0.4, -0.2) is 9.97 Å². The second-order valence-electron chi connectivity index (χ2n) is 14.8. The van der Waals surface area contributed by atoms with Crippen LogP contribution in [0.2, 0.25) is 0 Å². The SMILES string of the molecule is N#Cc1cccc2c1Sc1c(-c3cccc(-c4nc(-c5ccccc5)cc(-c5ccc(-c6ccccc6)cc5)n4)c3)cccc1C21c2ccccc2-c2ccccc21. The third kappa shape index (κ3) is 5.29. The van der Waals surface area contributed by atoms with E-state index in [0.29, 0.717) is 11.4 Å². The van der Waals surface area contributed by atoms with E-state index in [0.717, 1.165) is 60.1 Å². The van der Waals surface area contributed by atoms with E-state index >= 15 is 0 Å². The topological polar surface area (TPSA) is 49.6 Å². The average molecular weight is 756 g/mol. The summed E-state index contributed by atoms with van der Waals surface area (Å²) in [5.74, 6) is 0.662. The molecule has 0 fully saturated rings. The summed E-state index contributed by atoms with van der Waals surface area (Å²) in [5.41, 5.74) is 16.7. The summed E-state index contributed by atoms with van der Waals surface area (Å²) in [7, 11) is 0. The molecule has 1 aliphatic carbocycles. The van der Waals surface area contributed by atoms with Gasteiger partial charge in [0.1, 0.15) is 6.07 Å². The lowest BCUT2D eigenvalue weighted by molar-refractivity contribution is 0.722. The van der Waals surface area contributed by atoms with Crippen LogP contribution in [0.5, 0.6) is 0 Å². The molecule has 4 heteroatoms. The van der Waals surface area contributed by atoms with Crippen LogP contribution in [-0.2, 0) is 5.41 Å². The maximum atomic E-state index is 10.5. The first-order valence-corrected chi connectivity index (χ1v) is 20.3. The Labute approximate surface area is 342 Å². The molecule has 0 saturated heterocycles. The normalized spacial score (nSPS) is 12.9. The van der Waals surface area contributed by atoms with Crippen LogP contribution in [0, 0.1) is 11.3 Å². The molecule has 0 atom stereocenters. The molecule has 3 nitrogen and oxygen atoms in total. The van der Waals surface area contributed by atoms with Crippen molar-refractivity contribution in [2.45, 2.75) is 15.2 Å². The van der Waals surface area contributed by atoms with Gasteiger partial charge in [-0.3, -0.25) is 0 Å². The zero-order valence-electron chi connectivity index (χ0n) is 31.3. The third-order valence-corrected chi connectivity index (χ3v) is 12.9. The minimum atomic E-state index is -0.582. The number of hydrogen-bond acceptors (Lipinski definition) is 4. The second-order valence-corrected chi connectivity index (χ2v) is 15.8. The van der Waals surface area contributed by atoms with Gasteiger partial charge < -0.3 is 0 Å². The van der Waals surface area contributed by atoms with Crippen molar-refractivity contribution in [3.63, 3.8) is 0 Å². The highest BCUT2D eigenvalue weighted by Gasteiger charge is 2.51. The predicted octanol–water partition coefficient (Wildman–Crippen LogP) is 13.5. The molecule has 11 rings (SSSR count). The van der Waals surface area contributed by atoms with Crippen LogP contribution in [0.1, 0.15) is 27.8 Å². The number of nitriles is 1. The van der Waals surface area contributed by atoms with Crippen LogP contribution in [0.3, 0.4) is 0 Å². The van der Waals surface area contributed by atoms with Gasteiger partial charge in [0, 0.05) is 26.5 Å². The number of benzene rings is 8. The van der Waals surface area contributed by atoms with Gasteiger partial charge in [0.05, 0.1) is 22.4 Å². The lowest BCUT2D eigenvalue weighted by Crippen LogP contribution is -2.32. The van der Waals surface area contributed by atoms with E-state index in [1.165, 1.54) is 33.4 Å². The molecule has 0 N–H and O–H groups in total. The monoisotopic (exact) mass is 755 g/mol. The smallest absolute Gasteiger partial charge is 0.160 e. The molecule has 9 aromatic rings. The zero-order valence-corrected chi connectivity index (χ0v) is 32.1. The highest BCUT2D eigenvalue weighted by molar-refractivity contribution is 7.99. The minimum Gasteiger partial charge on any atom is -0.228 e. The molecule has 1 spiro atoms. The molecule has 270 valence electrons. The molecule has 0 amide bonds. The van der Waals surface area contributed by atoms with E-state index in [1.54, 1.807) is 11.8 Å². The number of nitrogens with zero attached hydrogens (tertiary/aromatic N) is 3. The van der Waals surface area contributed by atoms with E-state index in [1.807, 2.05) is 36.4 Å². The van der Waals surface area contributed by atoms with Gasteiger partial charge >= 0.3 is 0 Å². The highest BCUT2D eigenvalue weighted by atomic mass is 32.2. The van der Waals surface area contributed by atoms with Crippen molar-refractivity contribution in [3.05, 3.63) is 228 Å². The first kappa shape index (κ1) is 34.0. The fourth-order valence-corrected chi connectivity index (χ4v) is 10.4. The standard InChI is InChI=1S/C54H33N3S/c55-34-41-20-12-26-47-51(41)58-52-42(23-13-27-48(52)54(47)45-24-9-7-21-43(45)44-22-8-10-25-46(44)54)39-18-11-19-40(32-39)53-56-49(37-16-5-2-6-17-37)33-50(57-53)38-30-28-36(29-31-38)35-14-3-1-4-15-35/h1-33H. The third-order valence-electron chi connectivity index (χ3n) is 11.6. The fourth-order valence-electron chi connectivity index (χ4n) is 9.03. The molecular formula is C54H33N3S. The van der Waals surface area contributed by atoms with Crippen molar-refractivity contribution in [3.8, 4) is 73.4 Å². The molecule has 2 heterocycles. The van der Waals surface area contributed by atoms with E-state index in [4.69, 9.17) is 9.97 Å². The van der Waals surface area contributed by atoms with Gasteiger partial charge in [-0.2, -0.15) is 5.26 Å². The summed E-state index contributed by atoms with van der Waals surface area (Å²) in [4.78, 5) is 12.6. The van der Waals surface area contributed by atoms with Crippen molar-refractivity contribution in [1.82, 2.24) is 9.97 Å². The molecule has 58 heavy (non-hydrogen) atoms. The summed E-state index contributed by atoms with van der Waals surface area (Å²) >= 11 is 1.71. The fraction of sp³-hybridized carbons (Fsp3) is 0.0185. The van der Waals surface area contributed by atoms with Crippen LogP contribution >= 0.6 is 11.8 Å². The lowest BCUT2D eigenvalue weighted by atomic mass is 9.66. The van der Waals surface area contributed by atoms with Gasteiger partial charge in [0.2, 0.25) is 0 Å². The zero-order chi connectivity index (χ0) is 38.6. The molecule has 0 radical (unpaired) electrons. The molecule has 0 unspecified atom stereocenters. The van der Waals surface area contributed by atoms with Crippen LogP contribution < -0.4 is 0 Å². The van der Waals surface area contributed by atoms with Crippen LogP contribution in [0.15, 0.2) is 210 Å².